The highest BCUT2D eigenvalue weighted by molar-refractivity contribution is 7.08. The molecule has 1 saturated carbocycles. The van der Waals surface area contributed by atoms with Crippen molar-refractivity contribution in [1.82, 2.24) is 9.59 Å². The molecule has 0 unspecified atom stereocenters. The van der Waals surface area contributed by atoms with Crippen LogP contribution >= 0.6 is 11.5 Å². The highest BCUT2D eigenvalue weighted by Gasteiger charge is 2.35. The van der Waals surface area contributed by atoms with Gasteiger partial charge in [0.2, 0.25) is 0 Å². The van der Waals surface area contributed by atoms with E-state index in [0.717, 1.165) is 30.1 Å². The van der Waals surface area contributed by atoms with Crippen LogP contribution in [0.3, 0.4) is 0 Å². The summed E-state index contributed by atoms with van der Waals surface area (Å²) in [5, 5.41) is 4.10. The zero-order chi connectivity index (χ0) is 16.7. The summed E-state index contributed by atoms with van der Waals surface area (Å²) in [5.41, 5.74) is 2.07. The van der Waals surface area contributed by atoms with Crippen molar-refractivity contribution < 1.29 is 18.3 Å². The number of aromatic nitrogens is 2. The summed E-state index contributed by atoms with van der Waals surface area (Å²) in [6.07, 6.45) is 3.38. The fourth-order valence-electron chi connectivity index (χ4n) is 3.10. The maximum Gasteiger partial charge on any atom is 0.387 e. The first-order chi connectivity index (χ1) is 11.6. The standard InChI is InChI=1S/C16H15F2N3O2S/c17-16(18)23-12-5-1-4-11-10(12)3-2-8-21(11)15(22)14-13(9-6-7-9)19-20-24-14/h1,4-5,9,16H,2-3,6-8H2. The lowest BCUT2D eigenvalue weighted by atomic mass is 10.00. The summed E-state index contributed by atoms with van der Waals surface area (Å²) in [6, 6.07) is 4.92. The van der Waals surface area contributed by atoms with Crippen LogP contribution in [0.15, 0.2) is 18.2 Å². The molecule has 5 nitrogen and oxygen atoms in total. The third kappa shape index (κ3) is 2.75. The smallest absolute Gasteiger partial charge is 0.387 e. The van der Waals surface area contributed by atoms with E-state index in [0.29, 0.717) is 41.4 Å². The molecule has 0 radical (unpaired) electrons. The summed E-state index contributed by atoms with van der Waals surface area (Å²) in [6.45, 7) is -2.33. The van der Waals surface area contributed by atoms with Gasteiger partial charge in [-0.1, -0.05) is 10.6 Å². The fourth-order valence-corrected chi connectivity index (χ4v) is 3.80. The van der Waals surface area contributed by atoms with Crippen LogP contribution in [0.2, 0.25) is 0 Å². The summed E-state index contributed by atoms with van der Waals surface area (Å²) in [7, 11) is 0. The Morgan fingerprint density at radius 1 is 1.38 bits per heavy atom. The van der Waals surface area contributed by atoms with Crippen molar-refractivity contribution in [3.05, 3.63) is 34.3 Å². The van der Waals surface area contributed by atoms with Gasteiger partial charge in [-0.05, 0) is 49.3 Å². The second-order valence-electron chi connectivity index (χ2n) is 5.95. The summed E-state index contributed by atoms with van der Waals surface area (Å²) in [4.78, 5) is 15.2. The minimum absolute atomic E-state index is 0.143. The van der Waals surface area contributed by atoms with Gasteiger partial charge in [-0.25, -0.2) is 0 Å². The van der Waals surface area contributed by atoms with Crippen molar-refractivity contribution in [1.29, 1.82) is 0 Å². The van der Waals surface area contributed by atoms with Crippen LogP contribution in [0.25, 0.3) is 0 Å². The van der Waals surface area contributed by atoms with E-state index in [2.05, 4.69) is 14.3 Å². The molecule has 1 aliphatic heterocycles. The molecule has 0 bridgehead atoms. The predicted octanol–water partition coefficient (Wildman–Crippen LogP) is 3.61. The van der Waals surface area contributed by atoms with E-state index in [9.17, 15) is 13.6 Å². The Hall–Kier alpha value is -2.09. The van der Waals surface area contributed by atoms with Gasteiger partial charge in [0.05, 0.1) is 11.4 Å². The maximum atomic E-state index is 13.0. The topological polar surface area (TPSA) is 55.3 Å². The van der Waals surface area contributed by atoms with E-state index >= 15 is 0 Å². The SMILES string of the molecule is O=C(c1snnc1C1CC1)N1CCCc2c(OC(F)F)cccc21. The Bertz CT molecular complexity index is 776. The monoisotopic (exact) mass is 351 g/mol. The number of carbonyl (C=O) groups is 1. The summed E-state index contributed by atoms with van der Waals surface area (Å²) >= 11 is 1.11. The normalized spacial score (nSPS) is 17.0. The molecule has 126 valence electrons. The zero-order valence-electron chi connectivity index (χ0n) is 12.7. The van der Waals surface area contributed by atoms with Crippen LogP contribution in [0.4, 0.5) is 14.5 Å². The Morgan fingerprint density at radius 3 is 2.96 bits per heavy atom. The van der Waals surface area contributed by atoms with E-state index in [1.165, 1.54) is 6.07 Å². The molecule has 4 rings (SSSR count). The molecule has 2 aromatic rings. The first kappa shape index (κ1) is 15.4. The lowest BCUT2D eigenvalue weighted by Crippen LogP contribution is -2.35. The van der Waals surface area contributed by atoms with Gasteiger partial charge in [-0.3, -0.25) is 4.79 Å². The molecule has 0 atom stereocenters. The highest BCUT2D eigenvalue weighted by atomic mass is 32.1. The molecular formula is C16H15F2N3O2S. The quantitative estimate of drug-likeness (QED) is 0.844. The first-order valence-electron chi connectivity index (χ1n) is 7.86. The van der Waals surface area contributed by atoms with Gasteiger partial charge in [0.25, 0.3) is 5.91 Å². The number of benzene rings is 1. The second kappa shape index (κ2) is 6.08. The Balaban J connectivity index is 1.68. The minimum atomic E-state index is -2.88. The average molecular weight is 351 g/mol. The number of hydrogen-bond acceptors (Lipinski definition) is 5. The molecule has 1 fully saturated rings. The first-order valence-corrected chi connectivity index (χ1v) is 8.63. The van der Waals surface area contributed by atoms with Gasteiger partial charge in [-0.2, -0.15) is 8.78 Å². The highest BCUT2D eigenvalue weighted by Crippen LogP contribution is 2.42. The van der Waals surface area contributed by atoms with E-state index in [1.807, 2.05) is 0 Å². The molecule has 2 heterocycles. The fraction of sp³-hybridized carbons (Fsp3) is 0.438. The number of rotatable bonds is 4. The van der Waals surface area contributed by atoms with Crippen LogP contribution in [-0.2, 0) is 6.42 Å². The lowest BCUT2D eigenvalue weighted by Gasteiger charge is -2.30. The third-order valence-electron chi connectivity index (χ3n) is 4.34. The van der Waals surface area contributed by atoms with Gasteiger partial charge in [0.1, 0.15) is 10.6 Å². The number of alkyl halides is 2. The maximum absolute atomic E-state index is 13.0. The number of nitrogens with zero attached hydrogens (tertiary/aromatic N) is 3. The van der Waals surface area contributed by atoms with Crippen molar-refractivity contribution in [2.24, 2.45) is 0 Å². The van der Waals surface area contributed by atoms with Crippen LogP contribution in [0.1, 0.15) is 46.1 Å². The lowest BCUT2D eigenvalue weighted by molar-refractivity contribution is -0.0504. The molecule has 0 spiro atoms. The summed E-state index contributed by atoms with van der Waals surface area (Å²) < 4.78 is 33.7. The number of hydrogen-bond donors (Lipinski definition) is 0. The molecule has 1 aromatic carbocycles. The molecule has 0 N–H and O–H groups in total. The van der Waals surface area contributed by atoms with Crippen molar-refractivity contribution in [3.63, 3.8) is 0 Å². The number of amides is 1. The molecule has 0 saturated heterocycles. The van der Waals surface area contributed by atoms with Crippen LogP contribution in [-0.4, -0.2) is 28.7 Å². The van der Waals surface area contributed by atoms with E-state index in [4.69, 9.17) is 0 Å². The van der Waals surface area contributed by atoms with Crippen LogP contribution in [0.5, 0.6) is 5.75 Å². The Labute approximate surface area is 141 Å². The zero-order valence-corrected chi connectivity index (χ0v) is 13.6. The van der Waals surface area contributed by atoms with Crippen molar-refractivity contribution >= 4 is 23.1 Å². The van der Waals surface area contributed by atoms with E-state index < -0.39 is 6.61 Å². The molecule has 2 aliphatic rings. The van der Waals surface area contributed by atoms with Gasteiger partial charge < -0.3 is 9.64 Å². The third-order valence-corrected chi connectivity index (χ3v) is 5.07. The summed E-state index contributed by atoms with van der Waals surface area (Å²) in [5.74, 6) is 0.326. The van der Waals surface area contributed by atoms with Gasteiger partial charge in [0, 0.05) is 18.0 Å². The van der Waals surface area contributed by atoms with Crippen LogP contribution < -0.4 is 9.64 Å². The van der Waals surface area contributed by atoms with Gasteiger partial charge in [0.15, 0.2) is 0 Å². The van der Waals surface area contributed by atoms with Gasteiger partial charge in [-0.15, -0.1) is 5.10 Å². The molecule has 1 aliphatic carbocycles. The molecule has 8 heteroatoms. The van der Waals surface area contributed by atoms with Gasteiger partial charge >= 0.3 is 6.61 Å². The average Bonchev–Trinajstić information content (AvgIpc) is 3.30. The number of ether oxygens (including phenoxy) is 1. The second-order valence-corrected chi connectivity index (χ2v) is 6.71. The molecule has 24 heavy (non-hydrogen) atoms. The minimum Gasteiger partial charge on any atom is -0.434 e. The van der Waals surface area contributed by atoms with Crippen molar-refractivity contribution in [3.8, 4) is 5.75 Å². The molecule has 1 aromatic heterocycles. The van der Waals surface area contributed by atoms with Crippen LogP contribution in [0, 0.1) is 0 Å². The Kier molecular flexibility index (Phi) is 3.91. The Morgan fingerprint density at radius 2 is 2.21 bits per heavy atom. The van der Waals surface area contributed by atoms with E-state index in [1.54, 1.807) is 17.0 Å². The molecule has 1 amide bonds. The predicted molar refractivity (Wildman–Crippen MR) is 85.0 cm³/mol. The number of carbonyl (C=O) groups excluding carboxylic acids is 1. The molecular weight excluding hydrogens is 336 g/mol. The van der Waals surface area contributed by atoms with Crippen molar-refractivity contribution in [2.75, 3.05) is 11.4 Å². The van der Waals surface area contributed by atoms with Crippen molar-refractivity contribution in [2.45, 2.75) is 38.2 Å². The largest absolute Gasteiger partial charge is 0.434 e. The van der Waals surface area contributed by atoms with E-state index in [-0.39, 0.29) is 11.7 Å². The number of anilines is 1. The number of fused-ring (bicyclic) bond motifs is 1. The number of halogens is 2.